The summed E-state index contributed by atoms with van der Waals surface area (Å²) in [5, 5.41) is 19.5. The van der Waals surface area contributed by atoms with E-state index in [2.05, 4.69) is 0 Å². The number of hydrogen-bond donors (Lipinski definition) is 1. The Hall–Kier alpha value is -2.32. The van der Waals surface area contributed by atoms with Crippen LogP contribution in [0.1, 0.15) is 10.4 Å². The highest BCUT2D eigenvalue weighted by molar-refractivity contribution is 5.89. The van der Waals surface area contributed by atoms with Gasteiger partial charge in [0.1, 0.15) is 12.2 Å². The van der Waals surface area contributed by atoms with E-state index in [0.29, 0.717) is 4.90 Å². The van der Waals surface area contributed by atoms with E-state index in [9.17, 15) is 28.1 Å². The highest BCUT2D eigenvalue weighted by Crippen LogP contribution is 2.30. The number of aromatic carboxylic acids is 1. The molecule has 1 N–H and O–H groups in total. The van der Waals surface area contributed by atoms with Crippen LogP contribution in [0.2, 0.25) is 0 Å². The molecule has 1 aromatic rings. The summed E-state index contributed by atoms with van der Waals surface area (Å²) < 4.78 is 36.7. The second-order valence-corrected chi connectivity index (χ2v) is 3.74. The molecule has 6 nitrogen and oxygen atoms in total. The number of carboxylic acid groups (broad SMARTS) is 1. The lowest BCUT2D eigenvalue weighted by Crippen LogP contribution is -2.31. The second-order valence-electron chi connectivity index (χ2n) is 3.74. The molecular weight excluding hydrogens is 269 g/mol. The van der Waals surface area contributed by atoms with E-state index >= 15 is 0 Å². The van der Waals surface area contributed by atoms with Gasteiger partial charge in [-0.2, -0.15) is 13.2 Å². The fourth-order valence-electron chi connectivity index (χ4n) is 1.48. The fourth-order valence-corrected chi connectivity index (χ4v) is 1.48. The summed E-state index contributed by atoms with van der Waals surface area (Å²) in [6.07, 6.45) is -4.52. The third kappa shape index (κ3) is 3.83. The van der Waals surface area contributed by atoms with Gasteiger partial charge in [-0.1, -0.05) is 0 Å². The van der Waals surface area contributed by atoms with Crippen molar-refractivity contribution in [1.29, 1.82) is 0 Å². The summed E-state index contributed by atoms with van der Waals surface area (Å²) in [5.74, 6) is -1.40. The molecule has 9 heteroatoms. The van der Waals surface area contributed by atoms with Gasteiger partial charge in [0, 0.05) is 13.1 Å². The first-order chi connectivity index (χ1) is 8.61. The van der Waals surface area contributed by atoms with Crippen molar-refractivity contribution >= 4 is 17.3 Å². The minimum atomic E-state index is -4.52. The molecule has 0 fully saturated rings. The Bertz CT molecular complexity index is 516. The molecule has 19 heavy (non-hydrogen) atoms. The quantitative estimate of drug-likeness (QED) is 0.674. The average molecular weight is 278 g/mol. The number of nitro benzene ring substituents is 1. The van der Waals surface area contributed by atoms with Crippen LogP contribution in [0.4, 0.5) is 24.5 Å². The monoisotopic (exact) mass is 278 g/mol. The minimum absolute atomic E-state index is 0.299. The molecule has 0 spiro atoms. The number of rotatable bonds is 4. The highest BCUT2D eigenvalue weighted by atomic mass is 19.4. The van der Waals surface area contributed by atoms with E-state index in [1.54, 1.807) is 0 Å². The maximum atomic E-state index is 12.2. The maximum Gasteiger partial charge on any atom is 0.405 e. The molecule has 104 valence electrons. The number of nitro groups is 1. The Labute approximate surface area is 105 Å². The molecule has 0 aromatic heterocycles. The van der Waals surface area contributed by atoms with E-state index < -0.39 is 29.3 Å². The molecule has 0 amide bonds. The largest absolute Gasteiger partial charge is 0.478 e. The van der Waals surface area contributed by atoms with Gasteiger partial charge in [-0.05, 0) is 12.1 Å². The predicted octanol–water partition coefficient (Wildman–Crippen LogP) is 2.29. The minimum Gasteiger partial charge on any atom is -0.478 e. The summed E-state index contributed by atoms with van der Waals surface area (Å²) in [6.45, 7) is -1.37. The van der Waals surface area contributed by atoms with E-state index in [4.69, 9.17) is 5.11 Å². The predicted molar refractivity (Wildman–Crippen MR) is 59.4 cm³/mol. The summed E-state index contributed by atoms with van der Waals surface area (Å²) in [7, 11) is 1.04. The summed E-state index contributed by atoms with van der Waals surface area (Å²) in [4.78, 5) is 21.2. The number of alkyl halides is 3. The molecule has 0 radical (unpaired) electrons. The van der Waals surface area contributed by atoms with Gasteiger partial charge in [0.2, 0.25) is 0 Å². The van der Waals surface area contributed by atoms with Crippen LogP contribution in [-0.2, 0) is 0 Å². The molecule has 1 rings (SSSR count). The number of nitrogens with zero attached hydrogens (tertiary/aromatic N) is 2. The van der Waals surface area contributed by atoms with Gasteiger partial charge in [0.15, 0.2) is 0 Å². The molecular formula is C10H9F3N2O4. The molecule has 0 saturated heterocycles. The first-order valence-corrected chi connectivity index (χ1v) is 4.91. The number of hydrogen-bond acceptors (Lipinski definition) is 4. The van der Waals surface area contributed by atoms with Crippen LogP contribution in [0, 0.1) is 10.1 Å². The number of carboxylic acids is 1. The molecule has 0 unspecified atom stereocenters. The van der Waals surface area contributed by atoms with Crippen molar-refractivity contribution in [3.05, 3.63) is 33.9 Å². The van der Waals surface area contributed by atoms with Crippen LogP contribution in [0.15, 0.2) is 18.2 Å². The molecule has 0 aliphatic carbocycles. The number of anilines is 1. The van der Waals surface area contributed by atoms with Crippen LogP contribution in [0.25, 0.3) is 0 Å². The Kier molecular flexibility index (Phi) is 3.98. The van der Waals surface area contributed by atoms with Gasteiger partial charge in [0.05, 0.1) is 10.5 Å². The van der Waals surface area contributed by atoms with Gasteiger partial charge in [-0.15, -0.1) is 0 Å². The molecule has 0 heterocycles. The Balaban J connectivity index is 3.20. The Morgan fingerprint density at radius 1 is 1.47 bits per heavy atom. The lowest BCUT2D eigenvalue weighted by Gasteiger charge is -2.20. The SMILES string of the molecule is CN(CC(F)(F)F)c1ccc(C(=O)O)cc1[N+](=O)[O-]. The fraction of sp³-hybridized carbons (Fsp3) is 0.300. The smallest absolute Gasteiger partial charge is 0.405 e. The molecule has 0 aliphatic rings. The van der Waals surface area contributed by atoms with Gasteiger partial charge in [-0.3, -0.25) is 10.1 Å². The van der Waals surface area contributed by atoms with Gasteiger partial charge in [-0.25, -0.2) is 4.79 Å². The Morgan fingerprint density at radius 3 is 2.47 bits per heavy atom. The molecule has 0 bridgehead atoms. The van der Waals surface area contributed by atoms with Crippen LogP contribution in [0.3, 0.4) is 0 Å². The van der Waals surface area contributed by atoms with Crippen molar-refractivity contribution in [2.45, 2.75) is 6.18 Å². The van der Waals surface area contributed by atoms with E-state index in [-0.39, 0.29) is 11.3 Å². The lowest BCUT2D eigenvalue weighted by atomic mass is 10.1. The summed E-state index contributed by atoms with van der Waals surface area (Å²) in [5.41, 5.74) is -1.35. The lowest BCUT2D eigenvalue weighted by molar-refractivity contribution is -0.384. The third-order valence-electron chi connectivity index (χ3n) is 2.25. The molecule has 0 saturated carbocycles. The molecule has 0 aliphatic heterocycles. The first-order valence-electron chi connectivity index (χ1n) is 4.91. The van der Waals surface area contributed by atoms with E-state index in [0.717, 1.165) is 25.2 Å². The van der Waals surface area contributed by atoms with Gasteiger partial charge < -0.3 is 10.0 Å². The van der Waals surface area contributed by atoms with Crippen LogP contribution >= 0.6 is 0 Å². The highest BCUT2D eigenvalue weighted by Gasteiger charge is 2.31. The van der Waals surface area contributed by atoms with Gasteiger partial charge in [0.25, 0.3) is 5.69 Å². The zero-order chi connectivity index (χ0) is 14.8. The van der Waals surface area contributed by atoms with E-state index in [1.807, 2.05) is 0 Å². The maximum absolute atomic E-state index is 12.2. The van der Waals surface area contributed by atoms with Crippen molar-refractivity contribution in [3.63, 3.8) is 0 Å². The topological polar surface area (TPSA) is 83.7 Å². The second kappa shape index (κ2) is 5.12. The van der Waals surface area contributed by atoms with Crippen molar-refractivity contribution in [2.24, 2.45) is 0 Å². The first kappa shape index (κ1) is 14.7. The standard InChI is InChI=1S/C10H9F3N2O4/c1-14(5-10(11,12)13)7-3-2-6(9(16)17)4-8(7)15(18)19/h2-4H,5H2,1H3,(H,16,17). The van der Waals surface area contributed by atoms with Crippen molar-refractivity contribution in [3.8, 4) is 0 Å². The van der Waals surface area contributed by atoms with Crippen molar-refractivity contribution < 1.29 is 28.0 Å². The van der Waals surface area contributed by atoms with Crippen LogP contribution < -0.4 is 4.90 Å². The Morgan fingerprint density at radius 2 is 2.05 bits per heavy atom. The number of halogens is 3. The van der Waals surface area contributed by atoms with E-state index in [1.165, 1.54) is 0 Å². The molecule has 1 aromatic carbocycles. The zero-order valence-electron chi connectivity index (χ0n) is 9.64. The number of carbonyl (C=O) groups is 1. The van der Waals surface area contributed by atoms with Crippen LogP contribution in [0.5, 0.6) is 0 Å². The number of benzene rings is 1. The van der Waals surface area contributed by atoms with Crippen LogP contribution in [-0.4, -0.2) is 35.8 Å². The van der Waals surface area contributed by atoms with Crippen molar-refractivity contribution in [2.75, 3.05) is 18.5 Å². The summed E-state index contributed by atoms with van der Waals surface area (Å²) >= 11 is 0. The van der Waals surface area contributed by atoms with Crippen molar-refractivity contribution in [1.82, 2.24) is 0 Å². The van der Waals surface area contributed by atoms with Gasteiger partial charge >= 0.3 is 12.1 Å². The third-order valence-corrected chi connectivity index (χ3v) is 2.25. The summed E-state index contributed by atoms with van der Waals surface area (Å²) in [6, 6.07) is 2.72. The normalized spacial score (nSPS) is 11.2. The zero-order valence-corrected chi connectivity index (χ0v) is 9.64. The molecule has 0 atom stereocenters. The average Bonchev–Trinajstić information content (AvgIpc) is 2.25.